The molecule has 0 radical (unpaired) electrons. The summed E-state index contributed by atoms with van der Waals surface area (Å²) in [6.07, 6.45) is 1.07. The molecule has 0 atom stereocenters. The summed E-state index contributed by atoms with van der Waals surface area (Å²) in [5.41, 5.74) is 3.94. The highest BCUT2D eigenvalue weighted by Gasteiger charge is 2.13. The molecule has 2 aromatic rings. The van der Waals surface area contributed by atoms with E-state index < -0.39 is 0 Å². The lowest BCUT2D eigenvalue weighted by Crippen LogP contribution is -2.12. The van der Waals surface area contributed by atoms with Gasteiger partial charge in [0.2, 0.25) is 0 Å². The molecule has 0 bridgehead atoms. The van der Waals surface area contributed by atoms with Crippen molar-refractivity contribution in [1.29, 1.82) is 0 Å². The van der Waals surface area contributed by atoms with Gasteiger partial charge in [-0.1, -0.05) is 20.8 Å². The largest absolute Gasteiger partial charge is 0.370 e. The minimum Gasteiger partial charge on any atom is -0.370 e. The second kappa shape index (κ2) is 7.36. The molecule has 5 nitrogen and oxygen atoms in total. The van der Waals surface area contributed by atoms with Crippen LogP contribution in [0.4, 0.5) is 11.6 Å². The van der Waals surface area contributed by atoms with Crippen LogP contribution in [-0.4, -0.2) is 21.5 Å². The second-order valence-corrected chi connectivity index (χ2v) is 6.04. The third-order valence-electron chi connectivity index (χ3n) is 3.14. The van der Waals surface area contributed by atoms with Crippen molar-refractivity contribution in [1.82, 2.24) is 15.0 Å². The fourth-order valence-electron chi connectivity index (χ4n) is 1.88. The van der Waals surface area contributed by atoms with Crippen molar-refractivity contribution in [2.45, 2.75) is 46.6 Å². The number of rotatable bonds is 7. The number of thiazole rings is 1. The Bertz CT molecular complexity index is 566. The van der Waals surface area contributed by atoms with Crippen LogP contribution < -0.4 is 10.6 Å². The smallest absolute Gasteiger partial charge is 0.135 e. The molecule has 0 fully saturated rings. The summed E-state index contributed by atoms with van der Waals surface area (Å²) < 4.78 is 0. The Labute approximate surface area is 130 Å². The Balaban J connectivity index is 2.22. The van der Waals surface area contributed by atoms with Gasteiger partial charge in [-0.3, -0.25) is 0 Å². The van der Waals surface area contributed by atoms with Crippen LogP contribution in [0.2, 0.25) is 0 Å². The Morgan fingerprint density at radius 2 is 1.90 bits per heavy atom. The fraction of sp³-hybridized carbons (Fsp3) is 0.533. The van der Waals surface area contributed by atoms with Gasteiger partial charge in [0.1, 0.15) is 17.5 Å². The van der Waals surface area contributed by atoms with Gasteiger partial charge in [0.05, 0.1) is 17.7 Å². The first-order chi connectivity index (χ1) is 10.1. The Morgan fingerprint density at radius 1 is 1.19 bits per heavy atom. The maximum Gasteiger partial charge on any atom is 0.135 e. The van der Waals surface area contributed by atoms with Gasteiger partial charge < -0.3 is 10.6 Å². The molecule has 0 saturated heterocycles. The first kappa shape index (κ1) is 15.7. The molecule has 0 amide bonds. The van der Waals surface area contributed by atoms with Crippen molar-refractivity contribution < 1.29 is 0 Å². The van der Waals surface area contributed by atoms with Crippen molar-refractivity contribution in [2.75, 3.05) is 17.2 Å². The molecule has 0 saturated carbocycles. The number of nitrogens with zero attached hydrogens (tertiary/aromatic N) is 3. The molecule has 6 heteroatoms. The lowest BCUT2D eigenvalue weighted by Gasteiger charge is -2.16. The minimum atomic E-state index is 0.299. The van der Waals surface area contributed by atoms with Crippen LogP contribution in [0, 0.1) is 6.92 Å². The van der Waals surface area contributed by atoms with Gasteiger partial charge in [-0.15, -0.1) is 11.3 Å². The topological polar surface area (TPSA) is 62.7 Å². The molecular weight excluding hydrogens is 282 g/mol. The molecule has 0 aliphatic heterocycles. The molecule has 0 unspecified atom stereocenters. The molecule has 2 heterocycles. The zero-order chi connectivity index (χ0) is 15.2. The van der Waals surface area contributed by atoms with Gasteiger partial charge in [0.25, 0.3) is 0 Å². The van der Waals surface area contributed by atoms with Crippen molar-refractivity contribution in [3.63, 3.8) is 0 Å². The van der Waals surface area contributed by atoms with E-state index in [0.717, 1.165) is 41.7 Å². The molecule has 0 aromatic carbocycles. The summed E-state index contributed by atoms with van der Waals surface area (Å²) in [7, 11) is 0. The first-order valence-electron chi connectivity index (χ1n) is 7.35. The van der Waals surface area contributed by atoms with E-state index in [1.807, 2.05) is 17.8 Å². The lowest BCUT2D eigenvalue weighted by molar-refractivity contribution is 0.770. The summed E-state index contributed by atoms with van der Waals surface area (Å²) in [6.45, 7) is 10.0. The van der Waals surface area contributed by atoms with Crippen LogP contribution in [0.1, 0.15) is 50.2 Å². The van der Waals surface area contributed by atoms with E-state index in [1.165, 1.54) is 0 Å². The summed E-state index contributed by atoms with van der Waals surface area (Å²) in [5.74, 6) is 2.98. The van der Waals surface area contributed by atoms with Crippen LogP contribution in [-0.2, 0) is 6.54 Å². The molecule has 2 rings (SSSR count). The Morgan fingerprint density at radius 3 is 2.48 bits per heavy atom. The third kappa shape index (κ3) is 4.14. The maximum absolute atomic E-state index is 4.65. The summed E-state index contributed by atoms with van der Waals surface area (Å²) in [4.78, 5) is 13.6. The van der Waals surface area contributed by atoms with Crippen LogP contribution >= 0.6 is 11.3 Å². The number of hydrogen-bond donors (Lipinski definition) is 2. The van der Waals surface area contributed by atoms with Gasteiger partial charge in [-0.25, -0.2) is 15.0 Å². The zero-order valence-electron chi connectivity index (χ0n) is 13.1. The van der Waals surface area contributed by atoms with E-state index in [1.54, 1.807) is 11.3 Å². The fourth-order valence-corrected chi connectivity index (χ4v) is 2.44. The van der Waals surface area contributed by atoms with Crippen LogP contribution in [0.25, 0.3) is 0 Å². The number of nitrogens with one attached hydrogen (secondary N) is 2. The molecule has 2 N–H and O–H groups in total. The highest BCUT2D eigenvalue weighted by atomic mass is 32.1. The van der Waals surface area contributed by atoms with Crippen LogP contribution in [0.3, 0.4) is 0 Å². The highest BCUT2D eigenvalue weighted by Crippen LogP contribution is 2.23. The van der Waals surface area contributed by atoms with Gasteiger partial charge in [0.15, 0.2) is 0 Å². The third-order valence-corrected chi connectivity index (χ3v) is 3.78. The molecule has 0 aliphatic carbocycles. The SMILES string of the molecule is CCCNc1nc(C(C)C)nc(NCc2cscn2)c1C. The Kier molecular flexibility index (Phi) is 5.50. The second-order valence-electron chi connectivity index (χ2n) is 5.32. The molecular formula is C15H23N5S. The summed E-state index contributed by atoms with van der Waals surface area (Å²) >= 11 is 1.61. The molecule has 2 aromatic heterocycles. The monoisotopic (exact) mass is 305 g/mol. The van der Waals surface area contributed by atoms with Gasteiger partial charge in [-0.2, -0.15) is 0 Å². The van der Waals surface area contributed by atoms with E-state index in [2.05, 4.69) is 46.4 Å². The van der Waals surface area contributed by atoms with Crippen molar-refractivity contribution in [3.8, 4) is 0 Å². The highest BCUT2D eigenvalue weighted by molar-refractivity contribution is 7.07. The quantitative estimate of drug-likeness (QED) is 0.814. The number of anilines is 2. The van der Waals surface area contributed by atoms with E-state index in [0.29, 0.717) is 12.5 Å². The average Bonchev–Trinajstić information content (AvgIpc) is 2.98. The van der Waals surface area contributed by atoms with Crippen LogP contribution in [0.15, 0.2) is 10.9 Å². The van der Waals surface area contributed by atoms with Gasteiger partial charge >= 0.3 is 0 Å². The molecule has 0 spiro atoms. The zero-order valence-corrected chi connectivity index (χ0v) is 13.9. The molecule has 114 valence electrons. The molecule has 21 heavy (non-hydrogen) atoms. The van der Waals surface area contributed by atoms with Crippen molar-refractivity contribution >= 4 is 23.0 Å². The predicted octanol–water partition coefficient (Wildman–Crippen LogP) is 3.80. The van der Waals surface area contributed by atoms with Crippen molar-refractivity contribution in [3.05, 3.63) is 28.0 Å². The van der Waals surface area contributed by atoms with Gasteiger partial charge in [-0.05, 0) is 13.3 Å². The summed E-state index contributed by atoms with van der Waals surface area (Å²) in [6, 6.07) is 0. The average molecular weight is 305 g/mol. The van der Waals surface area contributed by atoms with Crippen LogP contribution in [0.5, 0.6) is 0 Å². The first-order valence-corrected chi connectivity index (χ1v) is 8.29. The van der Waals surface area contributed by atoms with Gasteiger partial charge in [0, 0.05) is 23.4 Å². The predicted molar refractivity (Wildman–Crippen MR) is 89.1 cm³/mol. The maximum atomic E-state index is 4.65. The number of aromatic nitrogens is 3. The standard InChI is InChI=1S/C15H23N5S/c1-5-6-16-14-11(4)15(20-13(19-14)10(2)3)17-7-12-8-21-9-18-12/h8-10H,5-7H2,1-4H3,(H2,16,17,19,20). The summed E-state index contributed by atoms with van der Waals surface area (Å²) in [5, 5.41) is 8.81. The number of hydrogen-bond acceptors (Lipinski definition) is 6. The normalized spacial score (nSPS) is 10.9. The van der Waals surface area contributed by atoms with Crippen molar-refractivity contribution in [2.24, 2.45) is 0 Å². The lowest BCUT2D eigenvalue weighted by atomic mass is 10.2. The van der Waals surface area contributed by atoms with E-state index in [9.17, 15) is 0 Å². The van der Waals surface area contributed by atoms with E-state index >= 15 is 0 Å². The minimum absolute atomic E-state index is 0.299. The van der Waals surface area contributed by atoms with E-state index in [4.69, 9.17) is 0 Å². The molecule has 0 aliphatic rings. The Hall–Kier alpha value is -1.69. The van der Waals surface area contributed by atoms with E-state index in [-0.39, 0.29) is 0 Å².